The Morgan fingerprint density at radius 2 is 2.10 bits per heavy atom. The summed E-state index contributed by atoms with van der Waals surface area (Å²) >= 11 is 6.04. The lowest BCUT2D eigenvalue weighted by Crippen LogP contribution is -2.49. The molecule has 2 aromatic rings. The normalized spacial score (nSPS) is 18.1. The van der Waals surface area contributed by atoms with Gasteiger partial charge in [0.2, 0.25) is 5.91 Å². The number of urea groups is 1. The second-order valence-corrected chi connectivity index (χ2v) is 7.43. The van der Waals surface area contributed by atoms with Gasteiger partial charge in [0, 0.05) is 5.02 Å². The van der Waals surface area contributed by atoms with Gasteiger partial charge < -0.3 is 15.4 Å². The topological polar surface area (TPSA) is 87.7 Å². The smallest absolute Gasteiger partial charge is 0.338 e. The van der Waals surface area contributed by atoms with Crippen molar-refractivity contribution in [1.29, 1.82) is 0 Å². The van der Waals surface area contributed by atoms with E-state index in [1.807, 2.05) is 0 Å². The summed E-state index contributed by atoms with van der Waals surface area (Å²) in [5, 5.41) is 5.62. The second kappa shape index (κ2) is 7.79. The number of hydrogen-bond acceptors (Lipinski definition) is 4. The molecule has 2 heterocycles. The fraction of sp³-hybridized carbons (Fsp3) is 0.190. The van der Waals surface area contributed by atoms with Gasteiger partial charge in [0.1, 0.15) is 19.0 Å². The van der Waals surface area contributed by atoms with Crippen LogP contribution < -0.4 is 10.6 Å². The molecule has 1 atom stereocenters. The van der Waals surface area contributed by atoms with Crippen LogP contribution in [0.4, 0.5) is 14.9 Å². The summed E-state index contributed by atoms with van der Waals surface area (Å²) in [5.41, 5.74) is 1.88. The number of cyclic esters (lactones) is 1. The van der Waals surface area contributed by atoms with Crippen LogP contribution in [0.15, 0.2) is 53.7 Å². The molecule has 9 heteroatoms. The van der Waals surface area contributed by atoms with Crippen LogP contribution in [0.2, 0.25) is 5.02 Å². The van der Waals surface area contributed by atoms with Crippen LogP contribution in [0.3, 0.4) is 0 Å². The lowest BCUT2D eigenvalue weighted by Gasteiger charge is -2.32. The fourth-order valence-electron chi connectivity index (χ4n) is 3.47. The Bertz CT molecular complexity index is 1100. The number of rotatable bonds is 4. The van der Waals surface area contributed by atoms with Gasteiger partial charge in [-0.3, -0.25) is 9.69 Å². The zero-order chi connectivity index (χ0) is 21.4. The number of anilines is 1. The number of carbonyl (C=O) groups is 3. The van der Waals surface area contributed by atoms with E-state index >= 15 is 0 Å². The quantitative estimate of drug-likeness (QED) is 0.730. The van der Waals surface area contributed by atoms with E-state index in [0.29, 0.717) is 21.8 Å². The number of nitrogens with one attached hydrogen (secondary N) is 2. The fourth-order valence-corrected chi connectivity index (χ4v) is 3.67. The third-order valence-corrected chi connectivity index (χ3v) is 5.12. The Morgan fingerprint density at radius 3 is 2.83 bits per heavy atom. The van der Waals surface area contributed by atoms with Crippen LogP contribution in [0.5, 0.6) is 0 Å². The summed E-state index contributed by atoms with van der Waals surface area (Å²) in [7, 11) is 0. The average Bonchev–Trinajstić information content (AvgIpc) is 3.08. The minimum Gasteiger partial charge on any atom is -0.456 e. The maximum atomic E-state index is 14.0. The standard InChI is InChI=1S/C21H17ClFN3O4/c1-11-5-6-15(14(23)7-11)24-17(27)9-26-16-10-30-20(28)18(16)19(25-21(26)29)12-3-2-4-13(22)8-12/h2-8,19H,9-10H2,1H3,(H,24,27)(H,25,29)/t19-/m0/s1. The predicted molar refractivity (Wildman–Crippen MR) is 107 cm³/mol. The van der Waals surface area contributed by atoms with Crippen molar-refractivity contribution < 1.29 is 23.5 Å². The molecular formula is C21H17ClFN3O4. The van der Waals surface area contributed by atoms with Crippen molar-refractivity contribution in [2.75, 3.05) is 18.5 Å². The Labute approximate surface area is 176 Å². The van der Waals surface area contributed by atoms with Gasteiger partial charge in [0.15, 0.2) is 0 Å². The van der Waals surface area contributed by atoms with E-state index in [0.717, 1.165) is 4.90 Å². The molecule has 2 aliphatic rings. The number of aryl methyl sites for hydroxylation is 1. The first-order valence-electron chi connectivity index (χ1n) is 9.13. The van der Waals surface area contributed by atoms with Crippen LogP contribution >= 0.6 is 11.6 Å². The molecule has 0 bridgehead atoms. The number of esters is 1. The number of benzene rings is 2. The number of carbonyl (C=O) groups excluding carboxylic acids is 3. The van der Waals surface area contributed by atoms with Crippen molar-refractivity contribution in [2.24, 2.45) is 0 Å². The van der Waals surface area contributed by atoms with Crippen molar-refractivity contribution >= 4 is 35.2 Å². The Balaban J connectivity index is 1.60. The highest BCUT2D eigenvalue weighted by atomic mass is 35.5. The molecule has 3 amide bonds. The molecule has 0 spiro atoms. The van der Waals surface area contributed by atoms with Gasteiger partial charge in [-0.25, -0.2) is 14.0 Å². The van der Waals surface area contributed by atoms with Gasteiger partial charge in [-0.1, -0.05) is 29.8 Å². The van der Waals surface area contributed by atoms with E-state index in [1.165, 1.54) is 12.1 Å². The molecule has 0 unspecified atom stereocenters. The first-order chi connectivity index (χ1) is 14.3. The van der Waals surface area contributed by atoms with E-state index < -0.39 is 36.3 Å². The number of hydrogen-bond donors (Lipinski definition) is 2. The summed E-state index contributed by atoms with van der Waals surface area (Å²) in [6.07, 6.45) is 0. The molecule has 0 fully saturated rings. The van der Waals surface area contributed by atoms with Gasteiger partial charge in [0.05, 0.1) is 23.0 Å². The largest absolute Gasteiger partial charge is 0.456 e. The highest BCUT2D eigenvalue weighted by Crippen LogP contribution is 2.35. The predicted octanol–water partition coefficient (Wildman–Crippen LogP) is 3.30. The number of amides is 3. The minimum atomic E-state index is -0.741. The average molecular weight is 430 g/mol. The summed E-state index contributed by atoms with van der Waals surface area (Å²) < 4.78 is 19.1. The van der Waals surface area contributed by atoms with Crippen molar-refractivity contribution in [3.8, 4) is 0 Å². The monoisotopic (exact) mass is 429 g/mol. The van der Waals surface area contributed by atoms with Crippen molar-refractivity contribution in [3.05, 3.63) is 75.7 Å². The minimum absolute atomic E-state index is 0.00720. The number of ether oxygens (including phenoxy) is 1. The summed E-state index contributed by atoms with van der Waals surface area (Å²) in [4.78, 5) is 38.7. The Kier molecular flexibility index (Phi) is 5.17. The Morgan fingerprint density at radius 1 is 1.30 bits per heavy atom. The molecule has 2 N–H and O–H groups in total. The third-order valence-electron chi connectivity index (χ3n) is 4.88. The van der Waals surface area contributed by atoms with Crippen molar-refractivity contribution in [2.45, 2.75) is 13.0 Å². The van der Waals surface area contributed by atoms with Gasteiger partial charge >= 0.3 is 12.0 Å². The molecule has 2 aliphatic heterocycles. The molecule has 2 aromatic carbocycles. The zero-order valence-electron chi connectivity index (χ0n) is 15.9. The molecular weight excluding hydrogens is 413 g/mol. The molecule has 154 valence electrons. The summed E-state index contributed by atoms with van der Waals surface area (Å²) in [6.45, 7) is 1.19. The molecule has 7 nitrogen and oxygen atoms in total. The van der Waals surface area contributed by atoms with Gasteiger partial charge in [0.25, 0.3) is 0 Å². The lowest BCUT2D eigenvalue weighted by molar-refractivity contribution is -0.136. The van der Waals surface area contributed by atoms with Crippen LogP contribution in [-0.4, -0.2) is 36.0 Å². The molecule has 0 saturated carbocycles. The Hall–Kier alpha value is -3.39. The number of nitrogens with zero attached hydrogens (tertiary/aromatic N) is 1. The first-order valence-corrected chi connectivity index (χ1v) is 9.51. The van der Waals surface area contributed by atoms with Gasteiger partial charge in [-0.15, -0.1) is 0 Å². The van der Waals surface area contributed by atoms with Crippen LogP contribution in [0.1, 0.15) is 17.2 Å². The molecule has 0 aliphatic carbocycles. The summed E-state index contributed by atoms with van der Waals surface area (Å²) in [5.74, 6) is -1.77. The van der Waals surface area contributed by atoms with Crippen LogP contribution in [0.25, 0.3) is 0 Å². The van der Waals surface area contributed by atoms with E-state index in [1.54, 1.807) is 37.3 Å². The molecule has 0 radical (unpaired) electrons. The lowest BCUT2D eigenvalue weighted by atomic mass is 9.96. The molecule has 0 saturated heterocycles. The van der Waals surface area contributed by atoms with Crippen molar-refractivity contribution in [1.82, 2.24) is 10.2 Å². The third kappa shape index (κ3) is 3.73. The van der Waals surface area contributed by atoms with E-state index in [2.05, 4.69) is 10.6 Å². The van der Waals surface area contributed by atoms with E-state index in [4.69, 9.17) is 16.3 Å². The first kappa shape index (κ1) is 19.9. The number of halogens is 2. The van der Waals surface area contributed by atoms with E-state index in [-0.39, 0.29) is 17.9 Å². The van der Waals surface area contributed by atoms with E-state index in [9.17, 15) is 18.8 Å². The highest BCUT2D eigenvalue weighted by molar-refractivity contribution is 6.30. The van der Waals surface area contributed by atoms with Gasteiger partial charge in [-0.2, -0.15) is 0 Å². The SMILES string of the molecule is Cc1ccc(NC(=O)CN2C(=O)N[C@@H](c3cccc(Cl)c3)C3=C2COC3=O)c(F)c1. The maximum Gasteiger partial charge on any atom is 0.338 e. The second-order valence-electron chi connectivity index (χ2n) is 6.99. The van der Waals surface area contributed by atoms with Crippen LogP contribution in [-0.2, 0) is 14.3 Å². The zero-order valence-corrected chi connectivity index (χ0v) is 16.6. The summed E-state index contributed by atoms with van der Waals surface area (Å²) in [6, 6.07) is 9.85. The molecule has 0 aromatic heterocycles. The highest BCUT2D eigenvalue weighted by Gasteiger charge is 2.42. The van der Waals surface area contributed by atoms with Crippen LogP contribution in [0, 0.1) is 12.7 Å². The van der Waals surface area contributed by atoms with Crippen molar-refractivity contribution in [3.63, 3.8) is 0 Å². The molecule has 4 rings (SSSR count). The molecule has 30 heavy (non-hydrogen) atoms. The maximum absolute atomic E-state index is 14.0. The van der Waals surface area contributed by atoms with Gasteiger partial charge in [-0.05, 0) is 42.3 Å².